The zero-order valence-corrected chi connectivity index (χ0v) is 11.3. The summed E-state index contributed by atoms with van der Waals surface area (Å²) in [5.74, 6) is 0.182. The average molecular weight is 260 g/mol. The first-order valence-electron chi connectivity index (χ1n) is 6.73. The van der Waals surface area contributed by atoms with Crippen LogP contribution in [0.5, 0.6) is 0 Å². The second-order valence-electron chi connectivity index (χ2n) is 5.09. The van der Waals surface area contributed by atoms with Crippen molar-refractivity contribution < 1.29 is 9.59 Å². The number of carbonyl (C=O) groups excluding carboxylic acids is 2. The molecule has 4 heteroatoms. The van der Waals surface area contributed by atoms with Gasteiger partial charge in [-0.15, -0.1) is 0 Å². The lowest BCUT2D eigenvalue weighted by atomic mass is 10.1. The number of nitrogens with one attached hydrogen (secondary N) is 1. The smallest absolute Gasteiger partial charge is 0.238 e. The van der Waals surface area contributed by atoms with Crippen molar-refractivity contribution >= 4 is 17.4 Å². The van der Waals surface area contributed by atoms with E-state index in [2.05, 4.69) is 10.2 Å². The summed E-state index contributed by atoms with van der Waals surface area (Å²) in [5.41, 5.74) is 0.815. The van der Waals surface area contributed by atoms with Crippen LogP contribution in [0.1, 0.15) is 26.2 Å². The van der Waals surface area contributed by atoms with Crippen LogP contribution in [0.15, 0.2) is 30.3 Å². The molecule has 0 aromatic heterocycles. The Balaban J connectivity index is 1.86. The van der Waals surface area contributed by atoms with Crippen molar-refractivity contribution in [1.29, 1.82) is 0 Å². The minimum absolute atomic E-state index is 0.0124. The van der Waals surface area contributed by atoms with E-state index < -0.39 is 0 Å². The van der Waals surface area contributed by atoms with Crippen molar-refractivity contribution in [1.82, 2.24) is 4.90 Å². The fourth-order valence-electron chi connectivity index (χ4n) is 2.57. The minimum atomic E-state index is -0.0124. The molecule has 0 aliphatic carbocycles. The van der Waals surface area contributed by atoms with Crippen LogP contribution >= 0.6 is 0 Å². The predicted octanol–water partition coefficient (Wildman–Crippen LogP) is 2.07. The maximum absolute atomic E-state index is 12.0. The molecule has 1 heterocycles. The number of para-hydroxylation sites is 1. The number of amides is 1. The van der Waals surface area contributed by atoms with E-state index in [0.717, 1.165) is 25.1 Å². The standard InChI is InChI=1S/C15H20N2O2/c1-12(18)10-14-8-5-9-17(14)11-15(19)16-13-6-3-2-4-7-13/h2-4,6-7,14H,5,8-11H2,1H3,(H,16,19). The largest absolute Gasteiger partial charge is 0.325 e. The van der Waals surface area contributed by atoms with Crippen LogP contribution in [0.25, 0.3) is 0 Å². The Bertz CT molecular complexity index is 445. The monoisotopic (exact) mass is 260 g/mol. The first-order chi connectivity index (χ1) is 9.15. The van der Waals surface area contributed by atoms with Gasteiger partial charge < -0.3 is 5.32 Å². The fraction of sp³-hybridized carbons (Fsp3) is 0.467. The Kier molecular flexibility index (Phi) is 4.68. The molecule has 2 rings (SSSR count). The first kappa shape index (κ1) is 13.7. The molecule has 0 saturated carbocycles. The summed E-state index contributed by atoms with van der Waals surface area (Å²) in [5, 5.41) is 2.88. The maximum Gasteiger partial charge on any atom is 0.238 e. The fourth-order valence-corrected chi connectivity index (χ4v) is 2.57. The van der Waals surface area contributed by atoms with Crippen LogP contribution in [0.4, 0.5) is 5.69 Å². The highest BCUT2D eigenvalue weighted by Gasteiger charge is 2.26. The van der Waals surface area contributed by atoms with E-state index in [4.69, 9.17) is 0 Å². The Hall–Kier alpha value is -1.68. The van der Waals surface area contributed by atoms with Gasteiger partial charge in [-0.1, -0.05) is 18.2 Å². The zero-order valence-electron chi connectivity index (χ0n) is 11.3. The van der Waals surface area contributed by atoms with Crippen LogP contribution in [-0.4, -0.2) is 35.7 Å². The van der Waals surface area contributed by atoms with Gasteiger partial charge in [0.05, 0.1) is 6.54 Å². The highest BCUT2D eigenvalue weighted by molar-refractivity contribution is 5.92. The third kappa shape index (κ3) is 4.17. The maximum atomic E-state index is 12.0. The van der Waals surface area contributed by atoms with E-state index in [1.165, 1.54) is 0 Å². The van der Waals surface area contributed by atoms with Crippen molar-refractivity contribution in [3.63, 3.8) is 0 Å². The Labute approximate surface area is 113 Å². The Morgan fingerprint density at radius 2 is 2.05 bits per heavy atom. The summed E-state index contributed by atoms with van der Waals surface area (Å²) in [4.78, 5) is 25.3. The average Bonchev–Trinajstić information content (AvgIpc) is 2.77. The molecular weight excluding hydrogens is 240 g/mol. The lowest BCUT2D eigenvalue weighted by molar-refractivity contribution is -0.120. The van der Waals surface area contributed by atoms with Gasteiger partial charge in [0.25, 0.3) is 0 Å². The molecule has 1 amide bonds. The van der Waals surface area contributed by atoms with Gasteiger partial charge in [-0.3, -0.25) is 14.5 Å². The molecule has 1 aromatic carbocycles. The molecule has 0 bridgehead atoms. The summed E-state index contributed by atoms with van der Waals surface area (Å²) >= 11 is 0. The molecule has 19 heavy (non-hydrogen) atoms. The van der Waals surface area contributed by atoms with E-state index in [1.807, 2.05) is 30.3 Å². The number of Topliss-reactive ketones (excluding diaryl/α,β-unsaturated/α-hetero) is 1. The van der Waals surface area contributed by atoms with Gasteiger partial charge in [-0.05, 0) is 38.4 Å². The van der Waals surface area contributed by atoms with Crippen LogP contribution in [0.3, 0.4) is 0 Å². The van der Waals surface area contributed by atoms with Crippen LogP contribution in [-0.2, 0) is 9.59 Å². The van der Waals surface area contributed by atoms with Crippen molar-refractivity contribution in [3.8, 4) is 0 Å². The van der Waals surface area contributed by atoms with Crippen molar-refractivity contribution in [2.24, 2.45) is 0 Å². The number of likely N-dealkylation sites (tertiary alicyclic amines) is 1. The SMILES string of the molecule is CC(=O)CC1CCCN1CC(=O)Nc1ccccc1. The first-order valence-corrected chi connectivity index (χ1v) is 6.73. The molecule has 0 spiro atoms. The van der Waals surface area contributed by atoms with Gasteiger partial charge >= 0.3 is 0 Å². The van der Waals surface area contributed by atoms with E-state index in [1.54, 1.807) is 6.92 Å². The molecule has 0 radical (unpaired) electrons. The summed E-state index contributed by atoms with van der Waals surface area (Å²) < 4.78 is 0. The highest BCUT2D eigenvalue weighted by atomic mass is 16.2. The molecule has 1 aliphatic heterocycles. The molecule has 1 fully saturated rings. The summed E-state index contributed by atoms with van der Waals surface area (Å²) in [6.45, 7) is 2.88. The van der Waals surface area contributed by atoms with Gasteiger partial charge in [0.15, 0.2) is 0 Å². The number of ketones is 1. The molecule has 102 valence electrons. The number of nitrogens with zero attached hydrogens (tertiary/aromatic N) is 1. The predicted molar refractivity (Wildman–Crippen MR) is 75.0 cm³/mol. The second kappa shape index (κ2) is 6.48. The van der Waals surface area contributed by atoms with E-state index in [-0.39, 0.29) is 17.7 Å². The van der Waals surface area contributed by atoms with Gasteiger partial charge in [0.1, 0.15) is 5.78 Å². The lowest BCUT2D eigenvalue weighted by Gasteiger charge is -2.22. The van der Waals surface area contributed by atoms with Crippen molar-refractivity contribution in [2.75, 3.05) is 18.4 Å². The number of anilines is 1. The molecule has 1 atom stereocenters. The van der Waals surface area contributed by atoms with Crippen LogP contribution in [0, 0.1) is 0 Å². The third-order valence-corrected chi connectivity index (χ3v) is 3.43. The van der Waals surface area contributed by atoms with Crippen LogP contribution < -0.4 is 5.32 Å². The molecule has 1 saturated heterocycles. The van der Waals surface area contributed by atoms with Crippen molar-refractivity contribution in [3.05, 3.63) is 30.3 Å². The summed E-state index contributed by atoms with van der Waals surface area (Å²) in [7, 11) is 0. The second-order valence-corrected chi connectivity index (χ2v) is 5.09. The quantitative estimate of drug-likeness (QED) is 0.881. The Morgan fingerprint density at radius 3 is 2.74 bits per heavy atom. The van der Waals surface area contributed by atoms with E-state index >= 15 is 0 Å². The number of rotatable bonds is 5. The molecule has 1 aliphatic rings. The molecule has 1 aromatic rings. The zero-order chi connectivity index (χ0) is 13.7. The van der Waals surface area contributed by atoms with Gasteiger partial charge in [0, 0.05) is 18.2 Å². The third-order valence-electron chi connectivity index (χ3n) is 3.43. The van der Waals surface area contributed by atoms with Gasteiger partial charge in [-0.25, -0.2) is 0 Å². The number of carbonyl (C=O) groups is 2. The molecule has 1 unspecified atom stereocenters. The summed E-state index contributed by atoms with van der Waals surface area (Å²) in [6.07, 6.45) is 2.63. The summed E-state index contributed by atoms with van der Waals surface area (Å²) in [6, 6.07) is 9.68. The van der Waals surface area contributed by atoms with E-state index in [9.17, 15) is 9.59 Å². The molecule has 4 nitrogen and oxygen atoms in total. The van der Waals surface area contributed by atoms with Crippen molar-refractivity contribution in [2.45, 2.75) is 32.2 Å². The topological polar surface area (TPSA) is 49.4 Å². The highest BCUT2D eigenvalue weighted by Crippen LogP contribution is 2.20. The minimum Gasteiger partial charge on any atom is -0.325 e. The number of benzene rings is 1. The lowest BCUT2D eigenvalue weighted by Crippen LogP contribution is -2.37. The molecule has 1 N–H and O–H groups in total. The number of hydrogen-bond donors (Lipinski definition) is 1. The van der Waals surface area contributed by atoms with E-state index in [0.29, 0.717) is 13.0 Å². The van der Waals surface area contributed by atoms with Gasteiger partial charge in [-0.2, -0.15) is 0 Å². The van der Waals surface area contributed by atoms with Crippen LogP contribution in [0.2, 0.25) is 0 Å². The van der Waals surface area contributed by atoms with Gasteiger partial charge in [0.2, 0.25) is 5.91 Å². The number of hydrogen-bond acceptors (Lipinski definition) is 3. The molecular formula is C15H20N2O2. The normalized spacial score (nSPS) is 19.3. The Morgan fingerprint density at radius 1 is 1.32 bits per heavy atom.